The summed E-state index contributed by atoms with van der Waals surface area (Å²) in [7, 11) is 0. The lowest BCUT2D eigenvalue weighted by molar-refractivity contribution is 0.0973. The molecule has 1 amide bonds. The van der Waals surface area contributed by atoms with E-state index in [4.69, 9.17) is 0 Å². The van der Waals surface area contributed by atoms with Gasteiger partial charge in [-0.25, -0.2) is 13.8 Å². The van der Waals surface area contributed by atoms with E-state index >= 15 is 0 Å². The van der Waals surface area contributed by atoms with Gasteiger partial charge in [0.2, 0.25) is 0 Å². The summed E-state index contributed by atoms with van der Waals surface area (Å²) in [5.74, 6) is 0.225. The lowest BCUT2D eigenvalue weighted by atomic mass is 10.0. The van der Waals surface area contributed by atoms with Crippen LogP contribution < -0.4 is 4.90 Å². The van der Waals surface area contributed by atoms with Gasteiger partial charge >= 0.3 is 0 Å². The minimum atomic E-state index is -2.63. The molecule has 3 rings (SSSR count). The second-order valence-corrected chi connectivity index (χ2v) is 5.94. The number of anilines is 1. The normalized spacial score (nSPS) is 14.4. The van der Waals surface area contributed by atoms with Gasteiger partial charge in [0.15, 0.2) is 0 Å². The van der Waals surface area contributed by atoms with Crippen LogP contribution >= 0.6 is 11.3 Å². The Morgan fingerprint density at radius 1 is 1.38 bits per heavy atom. The van der Waals surface area contributed by atoms with E-state index in [2.05, 4.69) is 4.98 Å². The van der Waals surface area contributed by atoms with Crippen LogP contribution in [0.4, 0.5) is 14.6 Å². The molecule has 1 aliphatic rings. The van der Waals surface area contributed by atoms with E-state index in [0.29, 0.717) is 12.4 Å². The molecule has 0 saturated heterocycles. The number of fused-ring (bicyclic) bond motifs is 1. The molecule has 0 fully saturated rings. The number of alkyl halides is 2. The van der Waals surface area contributed by atoms with Gasteiger partial charge in [0.25, 0.3) is 12.3 Å². The van der Waals surface area contributed by atoms with Crippen LogP contribution in [0.3, 0.4) is 0 Å². The first kappa shape index (κ1) is 14.1. The molecule has 0 radical (unpaired) electrons. The van der Waals surface area contributed by atoms with Gasteiger partial charge in [0.1, 0.15) is 5.82 Å². The SMILES string of the molecule is Cc1ccc2c(n1)N(C(=O)c1ccsc1C(F)F)CCC2. The molecule has 2 aromatic rings. The second kappa shape index (κ2) is 5.52. The number of hydrogen-bond donors (Lipinski definition) is 0. The number of aromatic nitrogens is 1. The summed E-state index contributed by atoms with van der Waals surface area (Å²) in [5, 5.41) is 1.53. The fourth-order valence-electron chi connectivity index (χ4n) is 2.54. The average Bonchev–Trinajstić information content (AvgIpc) is 2.95. The summed E-state index contributed by atoms with van der Waals surface area (Å²) in [5.41, 5.74) is 1.90. The molecular formula is C15H14F2N2OS. The predicted molar refractivity (Wildman–Crippen MR) is 78.2 cm³/mol. The number of pyridine rings is 1. The Kier molecular flexibility index (Phi) is 3.71. The summed E-state index contributed by atoms with van der Waals surface area (Å²) in [6.45, 7) is 2.37. The topological polar surface area (TPSA) is 33.2 Å². The van der Waals surface area contributed by atoms with Crippen LogP contribution in [0.5, 0.6) is 0 Å². The fourth-order valence-corrected chi connectivity index (χ4v) is 3.28. The molecular weight excluding hydrogens is 294 g/mol. The van der Waals surface area contributed by atoms with Gasteiger partial charge in [0, 0.05) is 12.2 Å². The van der Waals surface area contributed by atoms with Crippen molar-refractivity contribution in [2.24, 2.45) is 0 Å². The summed E-state index contributed by atoms with van der Waals surface area (Å²) in [6.07, 6.45) is -0.950. The second-order valence-electron chi connectivity index (χ2n) is 4.99. The molecule has 110 valence electrons. The maximum Gasteiger partial charge on any atom is 0.273 e. The first-order chi connectivity index (χ1) is 10.1. The molecule has 0 bridgehead atoms. The van der Waals surface area contributed by atoms with Crippen LogP contribution in [-0.2, 0) is 6.42 Å². The van der Waals surface area contributed by atoms with E-state index in [-0.39, 0.29) is 16.3 Å². The summed E-state index contributed by atoms with van der Waals surface area (Å²) in [4.78, 5) is 18.4. The van der Waals surface area contributed by atoms with Crippen LogP contribution in [0, 0.1) is 6.92 Å². The zero-order chi connectivity index (χ0) is 15.0. The molecule has 21 heavy (non-hydrogen) atoms. The molecule has 3 heterocycles. The standard InChI is InChI=1S/C15H14F2N2OS/c1-9-4-5-10-3-2-7-19(14(10)18-9)15(20)11-6-8-21-12(11)13(16)17/h4-6,8,13H,2-3,7H2,1H3. The molecule has 0 aromatic carbocycles. The maximum atomic E-state index is 13.0. The fraction of sp³-hybridized carbons (Fsp3) is 0.333. The van der Waals surface area contributed by atoms with Crippen molar-refractivity contribution in [3.8, 4) is 0 Å². The Morgan fingerprint density at radius 2 is 2.19 bits per heavy atom. The molecule has 0 spiro atoms. The highest BCUT2D eigenvalue weighted by atomic mass is 32.1. The van der Waals surface area contributed by atoms with Crippen molar-refractivity contribution in [2.75, 3.05) is 11.4 Å². The molecule has 6 heteroatoms. The van der Waals surface area contributed by atoms with E-state index < -0.39 is 6.43 Å². The number of halogens is 2. The Morgan fingerprint density at radius 3 is 2.95 bits per heavy atom. The van der Waals surface area contributed by atoms with Gasteiger partial charge in [-0.2, -0.15) is 0 Å². The Bertz CT molecular complexity index is 684. The Labute approximate surface area is 125 Å². The average molecular weight is 308 g/mol. The van der Waals surface area contributed by atoms with Gasteiger partial charge in [0.05, 0.1) is 10.4 Å². The molecule has 0 N–H and O–H groups in total. The Balaban J connectivity index is 2.00. The van der Waals surface area contributed by atoms with E-state index in [0.717, 1.165) is 35.4 Å². The van der Waals surface area contributed by atoms with E-state index in [9.17, 15) is 13.6 Å². The number of aryl methyl sites for hydroxylation is 2. The molecule has 0 aliphatic carbocycles. The number of rotatable bonds is 2. The largest absolute Gasteiger partial charge is 0.292 e. The lowest BCUT2D eigenvalue weighted by Gasteiger charge is -2.28. The highest BCUT2D eigenvalue weighted by Gasteiger charge is 2.28. The third-order valence-corrected chi connectivity index (χ3v) is 4.47. The van der Waals surface area contributed by atoms with Crippen molar-refractivity contribution in [3.63, 3.8) is 0 Å². The maximum absolute atomic E-state index is 13.0. The molecule has 3 nitrogen and oxygen atoms in total. The molecule has 0 unspecified atom stereocenters. The van der Waals surface area contributed by atoms with Gasteiger partial charge in [-0.05, 0) is 42.8 Å². The Hall–Kier alpha value is -1.82. The van der Waals surface area contributed by atoms with Gasteiger partial charge in [-0.1, -0.05) is 6.07 Å². The van der Waals surface area contributed by atoms with E-state index in [1.165, 1.54) is 16.3 Å². The predicted octanol–water partition coefficient (Wildman–Crippen LogP) is 3.98. The molecule has 2 aromatic heterocycles. The number of thiophene rings is 1. The summed E-state index contributed by atoms with van der Waals surface area (Å²) < 4.78 is 25.9. The third kappa shape index (κ3) is 2.55. The number of hydrogen-bond acceptors (Lipinski definition) is 3. The van der Waals surface area contributed by atoms with Crippen molar-refractivity contribution in [3.05, 3.63) is 45.3 Å². The smallest absolute Gasteiger partial charge is 0.273 e. The van der Waals surface area contributed by atoms with Gasteiger partial charge < -0.3 is 0 Å². The highest BCUT2D eigenvalue weighted by Crippen LogP contribution is 2.32. The molecule has 1 aliphatic heterocycles. The summed E-state index contributed by atoms with van der Waals surface area (Å²) >= 11 is 0.917. The van der Waals surface area contributed by atoms with Crippen molar-refractivity contribution in [1.29, 1.82) is 0 Å². The minimum absolute atomic E-state index is 0.0890. The first-order valence-electron chi connectivity index (χ1n) is 6.72. The zero-order valence-corrected chi connectivity index (χ0v) is 12.3. The van der Waals surface area contributed by atoms with E-state index in [1.807, 2.05) is 19.1 Å². The monoisotopic (exact) mass is 308 g/mol. The quantitative estimate of drug-likeness (QED) is 0.840. The minimum Gasteiger partial charge on any atom is -0.292 e. The number of carbonyl (C=O) groups excluding carboxylic acids is 1. The van der Waals surface area contributed by atoms with E-state index in [1.54, 1.807) is 0 Å². The van der Waals surface area contributed by atoms with Crippen molar-refractivity contribution >= 4 is 23.1 Å². The first-order valence-corrected chi connectivity index (χ1v) is 7.60. The highest BCUT2D eigenvalue weighted by molar-refractivity contribution is 7.10. The van der Waals surface area contributed by atoms with Crippen molar-refractivity contribution in [1.82, 2.24) is 4.98 Å². The zero-order valence-electron chi connectivity index (χ0n) is 11.5. The third-order valence-electron chi connectivity index (χ3n) is 3.55. The molecule has 0 saturated carbocycles. The van der Waals surface area contributed by atoms with Crippen LogP contribution in [0.2, 0.25) is 0 Å². The number of carbonyl (C=O) groups is 1. The summed E-state index contributed by atoms with van der Waals surface area (Å²) in [6, 6.07) is 5.33. The van der Waals surface area contributed by atoms with Gasteiger partial charge in [-0.3, -0.25) is 9.69 Å². The van der Waals surface area contributed by atoms with Crippen molar-refractivity contribution in [2.45, 2.75) is 26.2 Å². The lowest BCUT2D eigenvalue weighted by Crippen LogP contribution is -2.36. The molecule has 0 atom stereocenters. The van der Waals surface area contributed by atoms with Crippen LogP contribution in [0.25, 0.3) is 0 Å². The van der Waals surface area contributed by atoms with Crippen LogP contribution in [0.1, 0.15) is 39.3 Å². The van der Waals surface area contributed by atoms with Crippen LogP contribution in [-0.4, -0.2) is 17.4 Å². The van der Waals surface area contributed by atoms with Gasteiger partial charge in [-0.15, -0.1) is 11.3 Å². The van der Waals surface area contributed by atoms with Crippen molar-refractivity contribution < 1.29 is 13.6 Å². The van der Waals surface area contributed by atoms with Crippen LogP contribution in [0.15, 0.2) is 23.6 Å². The number of nitrogens with zero attached hydrogens (tertiary/aromatic N) is 2. The number of amides is 1.